The molecule has 0 aliphatic heterocycles. The number of aryl methyl sites for hydroxylation is 1. The number of nitrogens with one attached hydrogen (secondary N) is 1. The molecule has 1 unspecified atom stereocenters. The van der Waals surface area contributed by atoms with Crippen molar-refractivity contribution in [2.45, 2.75) is 33.1 Å². The molecule has 0 saturated heterocycles. The molecule has 108 valence electrons. The summed E-state index contributed by atoms with van der Waals surface area (Å²) in [5, 5.41) is 3.49. The summed E-state index contributed by atoms with van der Waals surface area (Å²) in [6.45, 7) is 7.51. The van der Waals surface area contributed by atoms with Crippen LogP contribution in [0.1, 0.15) is 32.3 Å². The predicted molar refractivity (Wildman–Crippen MR) is 82.5 cm³/mol. The smallest absolute Gasteiger partial charge is 0.0587 e. The highest BCUT2D eigenvalue weighted by Crippen LogP contribution is 2.18. The average Bonchev–Trinajstić information content (AvgIpc) is 2.42. The van der Waals surface area contributed by atoms with E-state index in [2.05, 4.69) is 49.5 Å². The van der Waals surface area contributed by atoms with E-state index in [1.165, 1.54) is 24.8 Å². The minimum Gasteiger partial charge on any atom is -0.383 e. The lowest BCUT2D eigenvalue weighted by atomic mass is 9.90. The van der Waals surface area contributed by atoms with Crippen LogP contribution in [0.2, 0.25) is 0 Å². The number of hydrogen-bond donors (Lipinski definition) is 1. The molecule has 1 N–H and O–H groups in total. The van der Waals surface area contributed by atoms with Gasteiger partial charge in [0.2, 0.25) is 0 Å². The molecule has 2 nitrogen and oxygen atoms in total. The molecule has 1 atom stereocenters. The molecule has 0 fully saturated rings. The van der Waals surface area contributed by atoms with Gasteiger partial charge in [-0.1, -0.05) is 44.2 Å². The Kier molecular flexibility index (Phi) is 8.52. The SMILES string of the molecule is COCCNCC(CCCc1ccccc1)C(C)C. The second-order valence-electron chi connectivity index (χ2n) is 5.58. The van der Waals surface area contributed by atoms with Gasteiger partial charge in [-0.2, -0.15) is 0 Å². The average molecular weight is 263 g/mol. The maximum Gasteiger partial charge on any atom is 0.0587 e. The zero-order valence-electron chi connectivity index (χ0n) is 12.7. The van der Waals surface area contributed by atoms with Gasteiger partial charge in [-0.05, 0) is 43.2 Å². The molecule has 0 radical (unpaired) electrons. The molecule has 0 aliphatic carbocycles. The maximum absolute atomic E-state index is 5.06. The first-order valence-corrected chi connectivity index (χ1v) is 7.47. The number of rotatable bonds is 10. The standard InChI is InChI=1S/C17H29NO/c1-15(2)17(14-18-12-13-19-3)11-7-10-16-8-5-4-6-9-16/h4-6,8-9,15,17-18H,7,10-14H2,1-3H3. The number of hydrogen-bond acceptors (Lipinski definition) is 2. The third kappa shape index (κ3) is 7.34. The first kappa shape index (κ1) is 16.2. The second-order valence-corrected chi connectivity index (χ2v) is 5.58. The van der Waals surface area contributed by atoms with Gasteiger partial charge in [0.05, 0.1) is 6.61 Å². The normalized spacial score (nSPS) is 12.8. The monoisotopic (exact) mass is 263 g/mol. The number of benzene rings is 1. The van der Waals surface area contributed by atoms with Crippen molar-refractivity contribution in [3.05, 3.63) is 35.9 Å². The van der Waals surface area contributed by atoms with Crippen LogP contribution in [0.25, 0.3) is 0 Å². The highest BCUT2D eigenvalue weighted by atomic mass is 16.5. The topological polar surface area (TPSA) is 21.3 Å². The van der Waals surface area contributed by atoms with E-state index in [0.29, 0.717) is 0 Å². The molecular formula is C17H29NO. The lowest BCUT2D eigenvalue weighted by Crippen LogP contribution is -2.28. The van der Waals surface area contributed by atoms with Gasteiger partial charge in [0.15, 0.2) is 0 Å². The molecule has 0 saturated carbocycles. The summed E-state index contributed by atoms with van der Waals surface area (Å²) >= 11 is 0. The molecule has 1 aromatic carbocycles. The highest BCUT2D eigenvalue weighted by Gasteiger charge is 2.12. The van der Waals surface area contributed by atoms with Crippen LogP contribution >= 0.6 is 0 Å². The van der Waals surface area contributed by atoms with Crippen LogP contribution in [0.15, 0.2) is 30.3 Å². The van der Waals surface area contributed by atoms with Gasteiger partial charge >= 0.3 is 0 Å². The van der Waals surface area contributed by atoms with E-state index < -0.39 is 0 Å². The van der Waals surface area contributed by atoms with Crippen molar-refractivity contribution in [2.24, 2.45) is 11.8 Å². The molecule has 0 bridgehead atoms. The quantitative estimate of drug-likeness (QED) is 0.652. The summed E-state index contributed by atoms with van der Waals surface area (Å²) < 4.78 is 5.06. The minimum absolute atomic E-state index is 0.741. The summed E-state index contributed by atoms with van der Waals surface area (Å²) in [7, 11) is 1.75. The van der Waals surface area contributed by atoms with Crippen LogP contribution in [-0.4, -0.2) is 26.8 Å². The highest BCUT2D eigenvalue weighted by molar-refractivity contribution is 5.14. The van der Waals surface area contributed by atoms with E-state index in [1.54, 1.807) is 7.11 Å². The molecule has 2 heteroatoms. The third-order valence-electron chi connectivity index (χ3n) is 3.72. The molecule has 19 heavy (non-hydrogen) atoms. The Bertz CT molecular complexity index is 310. The van der Waals surface area contributed by atoms with Gasteiger partial charge in [0.25, 0.3) is 0 Å². The summed E-state index contributed by atoms with van der Waals surface area (Å²) in [5.74, 6) is 1.51. The van der Waals surface area contributed by atoms with E-state index in [-0.39, 0.29) is 0 Å². The Morgan fingerprint density at radius 2 is 1.89 bits per heavy atom. The molecule has 0 aliphatic rings. The molecule has 1 aromatic rings. The fraction of sp³-hybridized carbons (Fsp3) is 0.647. The zero-order chi connectivity index (χ0) is 13.9. The van der Waals surface area contributed by atoms with Crippen LogP contribution in [0, 0.1) is 11.8 Å². The summed E-state index contributed by atoms with van der Waals surface area (Å²) in [6, 6.07) is 10.8. The molecule has 0 heterocycles. The van der Waals surface area contributed by atoms with Gasteiger partial charge < -0.3 is 10.1 Å². The fourth-order valence-electron chi connectivity index (χ4n) is 2.35. The van der Waals surface area contributed by atoms with E-state index >= 15 is 0 Å². The lowest BCUT2D eigenvalue weighted by molar-refractivity contribution is 0.195. The molecular weight excluding hydrogens is 234 g/mol. The van der Waals surface area contributed by atoms with Gasteiger partial charge in [0.1, 0.15) is 0 Å². The van der Waals surface area contributed by atoms with Gasteiger partial charge in [-0.25, -0.2) is 0 Å². The van der Waals surface area contributed by atoms with Crippen LogP contribution < -0.4 is 5.32 Å². The Balaban J connectivity index is 2.22. The summed E-state index contributed by atoms with van der Waals surface area (Å²) in [6.07, 6.45) is 3.77. The zero-order valence-corrected chi connectivity index (χ0v) is 12.7. The van der Waals surface area contributed by atoms with Gasteiger partial charge in [-0.3, -0.25) is 0 Å². The van der Waals surface area contributed by atoms with Gasteiger partial charge in [0, 0.05) is 13.7 Å². The lowest BCUT2D eigenvalue weighted by Gasteiger charge is -2.21. The van der Waals surface area contributed by atoms with E-state index in [9.17, 15) is 0 Å². The fourth-order valence-corrected chi connectivity index (χ4v) is 2.35. The van der Waals surface area contributed by atoms with Crippen LogP contribution in [0.5, 0.6) is 0 Å². The van der Waals surface area contributed by atoms with E-state index in [1.807, 2.05) is 0 Å². The number of methoxy groups -OCH3 is 1. The largest absolute Gasteiger partial charge is 0.383 e. The van der Waals surface area contributed by atoms with Crippen molar-refractivity contribution >= 4 is 0 Å². The van der Waals surface area contributed by atoms with Crippen molar-refractivity contribution in [3.63, 3.8) is 0 Å². The third-order valence-corrected chi connectivity index (χ3v) is 3.72. The molecule has 1 rings (SSSR count). The van der Waals surface area contributed by atoms with Crippen molar-refractivity contribution in [3.8, 4) is 0 Å². The van der Waals surface area contributed by atoms with Crippen molar-refractivity contribution < 1.29 is 4.74 Å². The Labute approximate surface area is 118 Å². The summed E-state index contributed by atoms with van der Waals surface area (Å²) in [5.41, 5.74) is 1.46. The van der Waals surface area contributed by atoms with Gasteiger partial charge in [-0.15, -0.1) is 0 Å². The maximum atomic E-state index is 5.06. The minimum atomic E-state index is 0.741. The molecule has 0 amide bonds. The first-order chi connectivity index (χ1) is 9.24. The molecule has 0 aromatic heterocycles. The molecule has 0 spiro atoms. The van der Waals surface area contributed by atoms with E-state index in [0.717, 1.165) is 31.5 Å². The second kappa shape index (κ2) is 9.99. The predicted octanol–water partition coefficient (Wildman–Crippen LogP) is 3.52. The Morgan fingerprint density at radius 1 is 1.16 bits per heavy atom. The Morgan fingerprint density at radius 3 is 2.53 bits per heavy atom. The van der Waals surface area contributed by atoms with Crippen molar-refractivity contribution in [2.75, 3.05) is 26.8 Å². The number of ether oxygens (including phenoxy) is 1. The summed E-state index contributed by atoms with van der Waals surface area (Å²) in [4.78, 5) is 0. The van der Waals surface area contributed by atoms with Crippen LogP contribution in [0.3, 0.4) is 0 Å². The van der Waals surface area contributed by atoms with Crippen molar-refractivity contribution in [1.29, 1.82) is 0 Å². The van der Waals surface area contributed by atoms with Crippen molar-refractivity contribution in [1.82, 2.24) is 5.32 Å². The Hall–Kier alpha value is -0.860. The van der Waals surface area contributed by atoms with E-state index in [4.69, 9.17) is 4.74 Å². The van der Waals surface area contributed by atoms with Crippen LogP contribution in [0.4, 0.5) is 0 Å². The first-order valence-electron chi connectivity index (χ1n) is 7.47. The van der Waals surface area contributed by atoms with Crippen LogP contribution in [-0.2, 0) is 11.2 Å².